The molecule has 3 aromatic rings. The number of nitrogens with zero attached hydrogens (tertiary/aromatic N) is 4. The van der Waals surface area contributed by atoms with Gasteiger partial charge < -0.3 is 10.6 Å². The van der Waals surface area contributed by atoms with Crippen molar-refractivity contribution in [2.45, 2.75) is 12.8 Å². The molecule has 28 heavy (non-hydrogen) atoms. The molecule has 1 saturated heterocycles. The van der Waals surface area contributed by atoms with Gasteiger partial charge in [-0.1, -0.05) is 18.2 Å². The third kappa shape index (κ3) is 5.03. The van der Waals surface area contributed by atoms with Crippen molar-refractivity contribution < 1.29 is 0 Å². The lowest BCUT2D eigenvalue weighted by atomic mass is 10.1. The minimum absolute atomic E-state index is 0.574. The second kappa shape index (κ2) is 9.25. The number of nitrogens with one attached hydrogen (secondary N) is 3. The Labute approximate surface area is 165 Å². The van der Waals surface area contributed by atoms with E-state index in [-0.39, 0.29) is 0 Å². The fourth-order valence-electron chi connectivity index (χ4n) is 3.20. The Morgan fingerprint density at radius 3 is 2.89 bits per heavy atom. The molecule has 0 radical (unpaired) electrons. The highest BCUT2D eigenvalue weighted by atomic mass is 15.5. The SMILES string of the molecule is c1ccc(-c2cccc(Nc3nccc(NCCCN4CCCN4)n3)c2)nc1. The van der Waals surface area contributed by atoms with E-state index < -0.39 is 0 Å². The fraction of sp³-hybridized carbons (Fsp3) is 0.286. The van der Waals surface area contributed by atoms with Gasteiger partial charge in [0.2, 0.25) is 5.95 Å². The molecule has 0 aliphatic carbocycles. The van der Waals surface area contributed by atoms with E-state index in [1.165, 1.54) is 6.42 Å². The molecule has 0 amide bonds. The van der Waals surface area contributed by atoms with Crippen molar-refractivity contribution in [3.8, 4) is 11.3 Å². The smallest absolute Gasteiger partial charge is 0.229 e. The summed E-state index contributed by atoms with van der Waals surface area (Å²) in [7, 11) is 0. The third-order valence-electron chi connectivity index (χ3n) is 4.59. The van der Waals surface area contributed by atoms with Crippen LogP contribution in [0.2, 0.25) is 0 Å². The quantitative estimate of drug-likeness (QED) is 0.522. The van der Waals surface area contributed by atoms with Crippen molar-refractivity contribution in [2.24, 2.45) is 0 Å². The highest BCUT2D eigenvalue weighted by Crippen LogP contribution is 2.22. The van der Waals surface area contributed by atoms with Gasteiger partial charge in [-0.05, 0) is 43.2 Å². The van der Waals surface area contributed by atoms with Crippen LogP contribution in [0.25, 0.3) is 11.3 Å². The van der Waals surface area contributed by atoms with Gasteiger partial charge in [0.1, 0.15) is 5.82 Å². The zero-order valence-corrected chi connectivity index (χ0v) is 15.8. The topological polar surface area (TPSA) is 78.0 Å². The molecule has 4 rings (SSSR count). The summed E-state index contributed by atoms with van der Waals surface area (Å²) in [5.74, 6) is 1.40. The number of anilines is 3. The van der Waals surface area contributed by atoms with E-state index in [2.05, 4.69) is 42.1 Å². The Morgan fingerprint density at radius 1 is 1.04 bits per heavy atom. The van der Waals surface area contributed by atoms with Crippen molar-refractivity contribution in [1.82, 2.24) is 25.4 Å². The van der Waals surface area contributed by atoms with Crippen LogP contribution in [-0.2, 0) is 0 Å². The van der Waals surface area contributed by atoms with Gasteiger partial charge in [0.15, 0.2) is 0 Å². The van der Waals surface area contributed by atoms with Crippen molar-refractivity contribution >= 4 is 17.5 Å². The van der Waals surface area contributed by atoms with Gasteiger partial charge in [0.05, 0.1) is 5.69 Å². The van der Waals surface area contributed by atoms with Gasteiger partial charge in [0, 0.05) is 49.8 Å². The summed E-state index contributed by atoms with van der Waals surface area (Å²) in [6.07, 6.45) is 5.86. The second-order valence-electron chi connectivity index (χ2n) is 6.72. The molecule has 0 atom stereocenters. The van der Waals surface area contributed by atoms with Crippen LogP contribution in [0, 0.1) is 0 Å². The third-order valence-corrected chi connectivity index (χ3v) is 4.59. The summed E-state index contributed by atoms with van der Waals surface area (Å²) in [6, 6.07) is 15.9. The molecule has 0 bridgehead atoms. The Hall–Kier alpha value is -3.03. The van der Waals surface area contributed by atoms with Crippen LogP contribution < -0.4 is 16.1 Å². The predicted octanol–water partition coefficient (Wildman–Crippen LogP) is 3.29. The molecular formula is C21H25N7. The molecule has 1 aliphatic rings. The maximum atomic E-state index is 4.56. The first kappa shape index (κ1) is 18.3. The van der Waals surface area contributed by atoms with E-state index in [9.17, 15) is 0 Å². The monoisotopic (exact) mass is 375 g/mol. The summed E-state index contributed by atoms with van der Waals surface area (Å²) in [6.45, 7) is 4.16. The zero-order chi connectivity index (χ0) is 19.0. The molecule has 0 unspecified atom stereocenters. The highest BCUT2D eigenvalue weighted by Gasteiger charge is 2.09. The number of hydrazine groups is 1. The minimum atomic E-state index is 0.574. The average Bonchev–Trinajstić information content (AvgIpc) is 3.26. The van der Waals surface area contributed by atoms with Crippen molar-refractivity contribution in [1.29, 1.82) is 0 Å². The van der Waals surface area contributed by atoms with Crippen molar-refractivity contribution in [2.75, 3.05) is 36.8 Å². The molecule has 3 N–H and O–H groups in total. The first-order chi connectivity index (χ1) is 13.9. The van der Waals surface area contributed by atoms with Gasteiger partial charge >= 0.3 is 0 Å². The molecule has 144 valence electrons. The number of hydrogen-bond acceptors (Lipinski definition) is 7. The molecule has 1 fully saturated rings. The first-order valence-corrected chi connectivity index (χ1v) is 9.71. The zero-order valence-electron chi connectivity index (χ0n) is 15.8. The van der Waals surface area contributed by atoms with Crippen LogP contribution >= 0.6 is 0 Å². The van der Waals surface area contributed by atoms with E-state index in [0.717, 1.165) is 55.4 Å². The maximum Gasteiger partial charge on any atom is 0.229 e. The van der Waals surface area contributed by atoms with Gasteiger partial charge in [-0.2, -0.15) is 4.98 Å². The summed E-state index contributed by atoms with van der Waals surface area (Å²) >= 11 is 0. The summed E-state index contributed by atoms with van der Waals surface area (Å²) in [5, 5.41) is 8.94. The molecule has 1 aromatic carbocycles. The van der Waals surface area contributed by atoms with Crippen LogP contribution in [-0.4, -0.2) is 46.1 Å². The summed E-state index contributed by atoms with van der Waals surface area (Å²) < 4.78 is 0. The summed E-state index contributed by atoms with van der Waals surface area (Å²) in [4.78, 5) is 13.3. The van der Waals surface area contributed by atoms with E-state index in [1.807, 2.05) is 42.5 Å². The van der Waals surface area contributed by atoms with E-state index in [0.29, 0.717) is 5.95 Å². The maximum absolute atomic E-state index is 4.56. The molecule has 1 aliphatic heterocycles. The van der Waals surface area contributed by atoms with Crippen molar-refractivity contribution in [3.05, 3.63) is 60.9 Å². The van der Waals surface area contributed by atoms with Crippen molar-refractivity contribution in [3.63, 3.8) is 0 Å². The molecule has 2 aromatic heterocycles. The highest BCUT2D eigenvalue weighted by molar-refractivity contribution is 5.67. The number of benzene rings is 1. The lowest BCUT2D eigenvalue weighted by molar-refractivity contribution is 0.253. The van der Waals surface area contributed by atoms with E-state index in [4.69, 9.17) is 0 Å². The molecule has 0 spiro atoms. The molecule has 7 nitrogen and oxygen atoms in total. The second-order valence-corrected chi connectivity index (χ2v) is 6.72. The largest absolute Gasteiger partial charge is 0.370 e. The average molecular weight is 375 g/mol. The Balaban J connectivity index is 1.34. The lowest BCUT2D eigenvalue weighted by Gasteiger charge is -2.15. The Bertz CT molecular complexity index is 879. The van der Waals surface area contributed by atoms with E-state index in [1.54, 1.807) is 12.4 Å². The normalized spacial score (nSPS) is 14.1. The fourth-order valence-corrected chi connectivity index (χ4v) is 3.20. The molecular weight excluding hydrogens is 350 g/mol. The number of hydrogen-bond donors (Lipinski definition) is 3. The molecule has 0 saturated carbocycles. The molecule has 3 heterocycles. The number of rotatable bonds is 8. The first-order valence-electron chi connectivity index (χ1n) is 9.71. The number of pyridine rings is 1. The van der Waals surface area contributed by atoms with Crippen LogP contribution in [0.3, 0.4) is 0 Å². The van der Waals surface area contributed by atoms with Crippen LogP contribution in [0.5, 0.6) is 0 Å². The molecule has 7 heteroatoms. The van der Waals surface area contributed by atoms with Crippen LogP contribution in [0.4, 0.5) is 17.5 Å². The Morgan fingerprint density at radius 2 is 2.04 bits per heavy atom. The predicted molar refractivity (Wildman–Crippen MR) is 112 cm³/mol. The number of aromatic nitrogens is 3. The minimum Gasteiger partial charge on any atom is -0.370 e. The van der Waals surface area contributed by atoms with Crippen LogP contribution in [0.1, 0.15) is 12.8 Å². The van der Waals surface area contributed by atoms with Gasteiger partial charge in [-0.15, -0.1) is 0 Å². The van der Waals surface area contributed by atoms with E-state index >= 15 is 0 Å². The van der Waals surface area contributed by atoms with Gasteiger partial charge in [-0.25, -0.2) is 9.99 Å². The lowest BCUT2D eigenvalue weighted by Crippen LogP contribution is -2.32. The van der Waals surface area contributed by atoms with Gasteiger partial charge in [0.25, 0.3) is 0 Å². The summed E-state index contributed by atoms with van der Waals surface area (Å²) in [5.41, 5.74) is 6.30. The standard InChI is InChI=1S/C21H25N7/c1-2-10-22-19(8-1)17-6-3-7-18(16-17)26-21-24-13-9-20(27-21)23-11-4-14-28-15-5-12-25-28/h1-3,6-10,13,16,25H,4-5,11-12,14-15H2,(H2,23,24,26,27). The van der Waals surface area contributed by atoms with Gasteiger partial charge in [-0.3, -0.25) is 10.4 Å². The van der Waals surface area contributed by atoms with Crippen LogP contribution in [0.15, 0.2) is 60.9 Å². The Kier molecular flexibility index (Phi) is 6.06.